The van der Waals surface area contributed by atoms with Crippen molar-refractivity contribution < 1.29 is 9.90 Å². The van der Waals surface area contributed by atoms with E-state index < -0.39 is 6.10 Å². The molecular formula is C12H21N3O2. The van der Waals surface area contributed by atoms with Crippen molar-refractivity contribution in [1.29, 1.82) is 0 Å². The standard InChI is InChI=1S/C12H21N3O2/c1-5-6-10(16)7-13-12(17)11-8(2)14-15(4)9(11)3/h10,16H,5-7H2,1-4H3,(H,13,17). The molecule has 5 heteroatoms. The van der Waals surface area contributed by atoms with Gasteiger partial charge in [0.15, 0.2) is 0 Å². The predicted molar refractivity (Wildman–Crippen MR) is 65.9 cm³/mol. The highest BCUT2D eigenvalue weighted by Crippen LogP contribution is 2.11. The number of aliphatic hydroxyl groups excluding tert-OH is 1. The molecule has 17 heavy (non-hydrogen) atoms. The van der Waals surface area contributed by atoms with Gasteiger partial charge in [-0.15, -0.1) is 0 Å². The van der Waals surface area contributed by atoms with Gasteiger partial charge in [-0.2, -0.15) is 5.10 Å². The summed E-state index contributed by atoms with van der Waals surface area (Å²) >= 11 is 0. The SMILES string of the molecule is CCCC(O)CNC(=O)c1c(C)nn(C)c1C. The maximum Gasteiger partial charge on any atom is 0.255 e. The number of hydrogen-bond donors (Lipinski definition) is 2. The Balaban J connectivity index is 2.64. The molecule has 1 aromatic heterocycles. The molecule has 0 aliphatic rings. The van der Waals surface area contributed by atoms with Gasteiger partial charge in [-0.3, -0.25) is 9.48 Å². The van der Waals surface area contributed by atoms with E-state index in [1.54, 1.807) is 4.68 Å². The minimum absolute atomic E-state index is 0.164. The Bertz CT molecular complexity index is 399. The zero-order chi connectivity index (χ0) is 13.0. The van der Waals surface area contributed by atoms with Gasteiger partial charge in [-0.1, -0.05) is 13.3 Å². The van der Waals surface area contributed by atoms with Crippen LogP contribution in [0.1, 0.15) is 41.5 Å². The van der Waals surface area contributed by atoms with Gasteiger partial charge in [0.05, 0.1) is 17.4 Å². The zero-order valence-electron chi connectivity index (χ0n) is 10.9. The first-order valence-electron chi connectivity index (χ1n) is 5.93. The van der Waals surface area contributed by atoms with E-state index in [2.05, 4.69) is 10.4 Å². The summed E-state index contributed by atoms with van der Waals surface area (Å²) in [7, 11) is 1.81. The van der Waals surface area contributed by atoms with Crippen molar-refractivity contribution >= 4 is 5.91 Å². The van der Waals surface area contributed by atoms with E-state index in [9.17, 15) is 9.90 Å². The van der Waals surface area contributed by atoms with Crippen LogP contribution in [0.4, 0.5) is 0 Å². The second-order valence-electron chi connectivity index (χ2n) is 4.32. The van der Waals surface area contributed by atoms with Crippen LogP contribution in [-0.2, 0) is 7.05 Å². The minimum atomic E-state index is -0.471. The lowest BCUT2D eigenvalue weighted by atomic mass is 10.1. The number of nitrogens with one attached hydrogen (secondary N) is 1. The molecule has 0 spiro atoms. The van der Waals surface area contributed by atoms with Crippen LogP contribution in [0.5, 0.6) is 0 Å². The van der Waals surface area contributed by atoms with Crippen molar-refractivity contribution in [3.05, 3.63) is 17.0 Å². The van der Waals surface area contributed by atoms with Crippen LogP contribution in [0.2, 0.25) is 0 Å². The van der Waals surface area contributed by atoms with Gasteiger partial charge in [0, 0.05) is 19.3 Å². The van der Waals surface area contributed by atoms with E-state index in [1.165, 1.54) is 0 Å². The first-order valence-corrected chi connectivity index (χ1v) is 5.93. The summed E-state index contributed by atoms with van der Waals surface area (Å²) in [6.07, 6.45) is 1.13. The molecule has 0 aromatic carbocycles. The normalized spacial score (nSPS) is 12.5. The maximum absolute atomic E-state index is 11.9. The van der Waals surface area contributed by atoms with Crippen molar-refractivity contribution in [3.8, 4) is 0 Å². The molecule has 0 aliphatic carbocycles. The van der Waals surface area contributed by atoms with E-state index in [-0.39, 0.29) is 5.91 Å². The fourth-order valence-corrected chi connectivity index (χ4v) is 1.84. The molecule has 1 atom stereocenters. The molecule has 1 heterocycles. The van der Waals surface area contributed by atoms with E-state index in [4.69, 9.17) is 0 Å². The molecular weight excluding hydrogens is 218 g/mol. The number of rotatable bonds is 5. The molecule has 0 aliphatic heterocycles. The van der Waals surface area contributed by atoms with Crippen LogP contribution in [0.3, 0.4) is 0 Å². The first-order chi connectivity index (χ1) is 7.97. The van der Waals surface area contributed by atoms with Crippen LogP contribution in [0.15, 0.2) is 0 Å². The van der Waals surface area contributed by atoms with Crippen LogP contribution >= 0.6 is 0 Å². The summed E-state index contributed by atoms with van der Waals surface area (Å²) in [6.45, 7) is 5.96. The van der Waals surface area contributed by atoms with Crippen molar-refractivity contribution in [1.82, 2.24) is 15.1 Å². The largest absolute Gasteiger partial charge is 0.391 e. The lowest BCUT2D eigenvalue weighted by molar-refractivity contribution is 0.0909. The van der Waals surface area contributed by atoms with Crippen LogP contribution < -0.4 is 5.32 Å². The Hall–Kier alpha value is -1.36. The quantitative estimate of drug-likeness (QED) is 0.803. The van der Waals surface area contributed by atoms with Crippen LogP contribution in [0.25, 0.3) is 0 Å². The van der Waals surface area contributed by atoms with E-state index in [0.717, 1.165) is 12.1 Å². The predicted octanol–water partition coefficient (Wildman–Crippen LogP) is 0.928. The Morgan fingerprint density at radius 3 is 2.65 bits per heavy atom. The topological polar surface area (TPSA) is 67.2 Å². The van der Waals surface area contributed by atoms with E-state index in [0.29, 0.717) is 24.2 Å². The summed E-state index contributed by atoms with van der Waals surface area (Å²) in [6, 6.07) is 0. The number of carbonyl (C=O) groups is 1. The first kappa shape index (κ1) is 13.7. The van der Waals surface area contributed by atoms with Gasteiger partial charge >= 0.3 is 0 Å². The van der Waals surface area contributed by atoms with Gasteiger partial charge in [0.2, 0.25) is 0 Å². The molecule has 0 saturated heterocycles. The lowest BCUT2D eigenvalue weighted by Gasteiger charge is -2.10. The highest BCUT2D eigenvalue weighted by atomic mass is 16.3. The molecule has 5 nitrogen and oxygen atoms in total. The average Bonchev–Trinajstić information content (AvgIpc) is 2.50. The van der Waals surface area contributed by atoms with Crippen molar-refractivity contribution in [3.63, 3.8) is 0 Å². The lowest BCUT2D eigenvalue weighted by Crippen LogP contribution is -2.32. The highest BCUT2D eigenvalue weighted by Gasteiger charge is 2.17. The fourth-order valence-electron chi connectivity index (χ4n) is 1.84. The number of nitrogens with zero attached hydrogens (tertiary/aromatic N) is 2. The number of aryl methyl sites for hydroxylation is 2. The molecule has 0 bridgehead atoms. The number of carbonyl (C=O) groups excluding carboxylic acids is 1. The number of amides is 1. The Kier molecular flexibility index (Phi) is 4.69. The molecule has 1 amide bonds. The van der Waals surface area contributed by atoms with E-state index >= 15 is 0 Å². The molecule has 1 rings (SSSR count). The highest BCUT2D eigenvalue weighted by molar-refractivity contribution is 5.96. The summed E-state index contributed by atoms with van der Waals surface area (Å²) in [5.74, 6) is -0.164. The van der Waals surface area contributed by atoms with Crippen molar-refractivity contribution in [2.75, 3.05) is 6.54 Å². The maximum atomic E-state index is 11.9. The summed E-state index contributed by atoms with van der Waals surface area (Å²) < 4.78 is 1.69. The van der Waals surface area contributed by atoms with Gasteiger partial charge in [0.25, 0.3) is 5.91 Å². The Labute approximate surface area is 102 Å². The van der Waals surface area contributed by atoms with E-state index in [1.807, 2.05) is 27.8 Å². The molecule has 0 fully saturated rings. The second-order valence-corrected chi connectivity index (χ2v) is 4.32. The second kappa shape index (κ2) is 5.82. The number of aliphatic hydroxyl groups is 1. The van der Waals surface area contributed by atoms with Gasteiger partial charge in [0.1, 0.15) is 0 Å². The van der Waals surface area contributed by atoms with Crippen molar-refractivity contribution in [2.24, 2.45) is 7.05 Å². The molecule has 0 radical (unpaired) electrons. The number of hydrogen-bond acceptors (Lipinski definition) is 3. The molecule has 0 saturated carbocycles. The molecule has 96 valence electrons. The summed E-state index contributed by atoms with van der Waals surface area (Å²) in [5, 5.41) is 16.5. The zero-order valence-corrected chi connectivity index (χ0v) is 10.9. The Morgan fingerprint density at radius 1 is 1.53 bits per heavy atom. The summed E-state index contributed by atoms with van der Waals surface area (Å²) in [5.41, 5.74) is 2.16. The third kappa shape index (κ3) is 3.30. The smallest absolute Gasteiger partial charge is 0.255 e. The molecule has 1 unspecified atom stereocenters. The van der Waals surface area contributed by atoms with Crippen LogP contribution in [0, 0.1) is 13.8 Å². The third-order valence-electron chi connectivity index (χ3n) is 2.86. The average molecular weight is 239 g/mol. The van der Waals surface area contributed by atoms with Gasteiger partial charge < -0.3 is 10.4 Å². The Morgan fingerprint density at radius 2 is 2.18 bits per heavy atom. The molecule has 2 N–H and O–H groups in total. The van der Waals surface area contributed by atoms with Gasteiger partial charge in [-0.05, 0) is 20.3 Å². The van der Waals surface area contributed by atoms with Gasteiger partial charge in [-0.25, -0.2) is 0 Å². The molecule has 1 aromatic rings. The van der Waals surface area contributed by atoms with Crippen LogP contribution in [-0.4, -0.2) is 33.4 Å². The number of aromatic nitrogens is 2. The minimum Gasteiger partial charge on any atom is -0.391 e. The third-order valence-corrected chi connectivity index (χ3v) is 2.86. The van der Waals surface area contributed by atoms with Crippen molar-refractivity contribution in [2.45, 2.75) is 39.7 Å². The fraction of sp³-hybridized carbons (Fsp3) is 0.667. The monoisotopic (exact) mass is 239 g/mol. The summed E-state index contributed by atoms with van der Waals surface area (Å²) in [4.78, 5) is 11.9.